The summed E-state index contributed by atoms with van der Waals surface area (Å²) in [6.45, 7) is 17.3. The summed E-state index contributed by atoms with van der Waals surface area (Å²) in [5, 5.41) is 16.9. The van der Waals surface area contributed by atoms with E-state index in [1.165, 1.54) is 13.2 Å². The van der Waals surface area contributed by atoms with E-state index in [9.17, 15) is 32.7 Å². The van der Waals surface area contributed by atoms with Gasteiger partial charge in [-0.05, 0) is 55.2 Å². The Hall–Kier alpha value is -4.58. The number of alkyl halides is 3. The Morgan fingerprint density at radius 2 is 1.63 bits per heavy atom. The van der Waals surface area contributed by atoms with Gasteiger partial charge in [0, 0.05) is 68.4 Å². The lowest BCUT2D eigenvalue weighted by Crippen LogP contribution is -2.60. The van der Waals surface area contributed by atoms with Crippen LogP contribution in [0.15, 0.2) is 42.6 Å². The molecule has 2 aromatic carbocycles. The molecular weight excluding hydrogens is 829 g/mol. The molecule has 3 fully saturated rings. The molecule has 62 heavy (non-hydrogen) atoms. The van der Waals surface area contributed by atoms with Gasteiger partial charge in [-0.2, -0.15) is 0 Å². The van der Waals surface area contributed by atoms with Crippen molar-refractivity contribution in [3.05, 3.63) is 53.4 Å². The quantitative estimate of drug-likeness (QED) is 0.159. The third kappa shape index (κ3) is 11.0. The highest BCUT2D eigenvalue weighted by Gasteiger charge is 2.41. The number of benzene rings is 2. The van der Waals surface area contributed by atoms with Gasteiger partial charge in [0.1, 0.15) is 17.8 Å². The van der Waals surface area contributed by atoms with Crippen molar-refractivity contribution in [2.24, 2.45) is 17.3 Å². The number of anilines is 1. The number of aliphatic hydroxyl groups is 1. The summed E-state index contributed by atoms with van der Waals surface area (Å²) < 4.78 is 50.7. The standard InChI is InChI=1S/C44H60ClF3N8O6/c1-25(2)37(52-42(60)61-8)39(57)56-23-26(3)19-35(56)38-49-22-34(50-38)29-11-9-28(10-12-29)31-20-32(45)33(21-36(31)62-44(46,47)48)51-41(59)53-15-13-30(14-16-53)55-18-17-54(24-27(55)4)40(58)43(5,6)7/h9-12,20-22,25-27,30,35,37,39,57H,13-19,23-24H2,1-8H3,(H,49,50)(H,51,59)(H,52,60). The smallest absolute Gasteiger partial charge is 0.453 e. The number of H-pyrrole nitrogens is 1. The van der Waals surface area contributed by atoms with Crippen LogP contribution in [0.25, 0.3) is 22.4 Å². The minimum atomic E-state index is -5.02. The number of amides is 4. The van der Waals surface area contributed by atoms with Crippen LogP contribution in [0.1, 0.15) is 79.6 Å². The summed E-state index contributed by atoms with van der Waals surface area (Å²) in [6.07, 6.45) is -2.86. The molecule has 3 saturated heterocycles. The average Bonchev–Trinajstić information content (AvgIpc) is 3.86. The van der Waals surface area contributed by atoms with Crippen molar-refractivity contribution in [2.45, 2.75) is 104 Å². The summed E-state index contributed by atoms with van der Waals surface area (Å²) in [4.78, 5) is 54.3. The number of nitrogens with one attached hydrogen (secondary N) is 3. The second kappa shape index (κ2) is 19.0. The molecule has 3 aromatic rings. The third-order valence-electron chi connectivity index (χ3n) is 12.2. The van der Waals surface area contributed by atoms with Gasteiger partial charge in [0.15, 0.2) is 0 Å². The Bertz CT molecular complexity index is 2050. The van der Waals surface area contributed by atoms with Gasteiger partial charge < -0.3 is 40.0 Å². The fraction of sp³-hybridized carbons (Fsp3) is 0.591. The predicted molar refractivity (Wildman–Crippen MR) is 230 cm³/mol. The Balaban J connectivity index is 1.12. The average molecular weight is 889 g/mol. The van der Waals surface area contributed by atoms with Crippen LogP contribution in [0.5, 0.6) is 5.75 Å². The number of likely N-dealkylation sites (tertiary alicyclic amines) is 2. The van der Waals surface area contributed by atoms with Gasteiger partial charge >= 0.3 is 18.5 Å². The number of methoxy groups -OCH3 is 1. The van der Waals surface area contributed by atoms with E-state index < -0.39 is 41.9 Å². The number of imidazole rings is 1. The number of piperidine rings is 1. The number of aromatic amines is 1. The number of hydrogen-bond acceptors (Lipinski definition) is 9. The fourth-order valence-electron chi connectivity index (χ4n) is 8.96. The van der Waals surface area contributed by atoms with E-state index in [0.717, 1.165) is 12.6 Å². The molecule has 1 aromatic heterocycles. The highest BCUT2D eigenvalue weighted by Crippen LogP contribution is 2.41. The summed E-state index contributed by atoms with van der Waals surface area (Å²) in [5.41, 5.74) is 1.38. The normalized spacial score (nSPS) is 21.8. The number of alkyl carbamates (subject to hydrolysis) is 1. The maximum absolute atomic E-state index is 13.8. The van der Waals surface area contributed by atoms with Crippen molar-refractivity contribution in [3.8, 4) is 28.1 Å². The first-order valence-electron chi connectivity index (χ1n) is 21.3. The predicted octanol–water partition coefficient (Wildman–Crippen LogP) is 7.95. The maximum Gasteiger partial charge on any atom is 0.573 e. The third-order valence-corrected chi connectivity index (χ3v) is 12.5. The molecule has 0 bridgehead atoms. The number of aliphatic hydroxyl groups excluding tert-OH is 1. The van der Waals surface area contributed by atoms with Crippen LogP contribution in [0.4, 0.5) is 28.4 Å². The Kier molecular flexibility index (Phi) is 14.4. The van der Waals surface area contributed by atoms with Crippen LogP contribution in [0.3, 0.4) is 0 Å². The van der Waals surface area contributed by atoms with Gasteiger partial charge in [-0.25, -0.2) is 14.6 Å². The van der Waals surface area contributed by atoms with Gasteiger partial charge in [0.2, 0.25) is 5.91 Å². The number of carbonyl (C=O) groups excluding carboxylic acids is 3. The van der Waals surface area contributed by atoms with Gasteiger partial charge in [0.25, 0.3) is 0 Å². The van der Waals surface area contributed by atoms with Crippen LogP contribution in [-0.4, -0.2) is 130 Å². The van der Waals surface area contributed by atoms with E-state index in [0.29, 0.717) is 74.6 Å². The van der Waals surface area contributed by atoms with E-state index in [1.54, 1.807) is 35.4 Å². The molecule has 340 valence electrons. The SMILES string of the molecule is COC(=O)NC(C(C)C)C(O)N1CC(C)CC1c1ncc(-c2ccc(-c3cc(Cl)c(NC(=O)N4CCC(N5CCN(C(=O)C(C)(C)C)CC5C)CC4)cc3OC(F)(F)F)cc2)[nH]1. The first-order valence-corrected chi connectivity index (χ1v) is 21.7. The number of urea groups is 1. The molecule has 6 rings (SSSR count). The monoisotopic (exact) mass is 888 g/mol. The highest BCUT2D eigenvalue weighted by molar-refractivity contribution is 6.34. The molecule has 0 spiro atoms. The number of nitrogens with zero attached hydrogens (tertiary/aromatic N) is 5. The molecule has 3 aliphatic heterocycles. The van der Waals surface area contributed by atoms with Crippen molar-refractivity contribution in [1.82, 2.24) is 34.9 Å². The number of aromatic nitrogens is 2. The molecule has 0 aliphatic carbocycles. The number of ether oxygens (including phenoxy) is 2. The second-order valence-corrected chi connectivity index (χ2v) is 18.7. The largest absolute Gasteiger partial charge is 0.573 e. The van der Waals surface area contributed by atoms with E-state index in [-0.39, 0.29) is 52.1 Å². The number of carbonyl (C=O) groups is 3. The van der Waals surface area contributed by atoms with Crippen molar-refractivity contribution in [3.63, 3.8) is 0 Å². The molecule has 4 heterocycles. The van der Waals surface area contributed by atoms with Crippen LogP contribution in [0, 0.1) is 17.3 Å². The molecule has 5 unspecified atom stereocenters. The van der Waals surface area contributed by atoms with Gasteiger partial charge in [-0.1, -0.05) is 77.4 Å². The molecule has 0 radical (unpaired) electrons. The molecule has 4 N–H and O–H groups in total. The van der Waals surface area contributed by atoms with Crippen LogP contribution < -0.4 is 15.4 Å². The van der Waals surface area contributed by atoms with Crippen LogP contribution in [-0.2, 0) is 9.53 Å². The lowest BCUT2D eigenvalue weighted by Gasteiger charge is -2.47. The first kappa shape index (κ1) is 46.9. The topological polar surface area (TPSA) is 156 Å². The number of halogens is 4. The minimum absolute atomic E-state index is 0.0159. The minimum Gasteiger partial charge on any atom is -0.453 e. The van der Waals surface area contributed by atoms with Crippen molar-refractivity contribution >= 4 is 35.3 Å². The highest BCUT2D eigenvalue weighted by atomic mass is 35.5. The molecular formula is C44H60ClF3N8O6. The Morgan fingerprint density at radius 1 is 0.968 bits per heavy atom. The summed E-state index contributed by atoms with van der Waals surface area (Å²) in [6, 6.07) is 8.27. The lowest BCUT2D eigenvalue weighted by molar-refractivity contribution is -0.274. The summed E-state index contributed by atoms with van der Waals surface area (Å²) in [7, 11) is 1.27. The van der Waals surface area contributed by atoms with Gasteiger partial charge in [0.05, 0.1) is 41.8 Å². The number of piperazine rings is 1. The Morgan fingerprint density at radius 3 is 2.23 bits per heavy atom. The molecule has 18 heteroatoms. The molecule has 0 saturated carbocycles. The molecule has 14 nitrogen and oxygen atoms in total. The first-order chi connectivity index (χ1) is 29.1. The van der Waals surface area contributed by atoms with Gasteiger partial charge in [-0.15, -0.1) is 13.2 Å². The molecule has 3 aliphatic rings. The number of hydrogen-bond donors (Lipinski definition) is 4. The molecule has 4 amide bonds. The molecule has 5 atom stereocenters. The number of rotatable bonds is 10. The maximum atomic E-state index is 13.8. The van der Waals surface area contributed by atoms with E-state index >= 15 is 0 Å². The van der Waals surface area contributed by atoms with E-state index in [4.69, 9.17) is 16.3 Å². The summed E-state index contributed by atoms with van der Waals surface area (Å²) >= 11 is 6.65. The second-order valence-electron chi connectivity index (χ2n) is 18.2. The Labute approximate surface area is 366 Å². The summed E-state index contributed by atoms with van der Waals surface area (Å²) in [5.74, 6) is 0.379. The van der Waals surface area contributed by atoms with Crippen LogP contribution >= 0.6 is 11.6 Å². The van der Waals surface area contributed by atoms with Crippen molar-refractivity contribution in [2.75, 3.05) is 51.7 Å². The van der Waals surface area contributed by atoms with E-state index in [2.05, 4.69) is 44.1 Å². The zero-order valence-corrected chi connectivity index (χ0v) is 37.4. The lowest BCUT2D eigenvalue weighted by atomic mass is 9.93. The van der Waals surface area contributed by atoms with E-state index in [1.807, 2.05) is 44.4 Å². The van der Waals surface area contributed by atoms with Crippen LogP contribution in [0.2, 0.25) is 5.02 Å². The van der Waals surface area contributed by atoms with Crippen molar-refractivity contribution in [1.29, 1.82) is 0 Å². The van der Waals surface area contributed by atoms with Gasteiger partial charge in [-0.3, -0.25) is 14.6 Å². The van der Waals surface area contributed by atoms with Crippen molar-refractivity contribution < 1.29 is 42.1 Å². The zero-order chi connectivity index (χ0) is 45.3. The fourth-order valence-corrected chi connectivity index (χ4v) is 9.17. The zero-order valence-electron chi connectivity index (χ0n) is 36.7.